The highest BCUT2D eigenvalue weighted by atomic mass is 16.4. The second kappa shape index (κ2) is 6.20. The number of nitrogens with zero attached hydrogens (tertiary/aromatic N) is 1. The van der Waals surface area contributed by atoms with E-state index in [9.17, 15) is 9.90 Å². The predicted molar refractivity (Wildman–Crippen MR) is 76.5 cm³/mol. The van der Waals surface area contributed by atoms with Crippen molar-refractivity contribution in [3.8, 4) is 0 Å². The molecule has 0 heterocycles. The summed E-state index contributed by atoms with van der Waals surface area (Å²) in [6.45, 7) is 3.17. The molecule has 1 N–H and O–H groups in total. The van der Waals surface area contributed by atoms with Gasteiger partial charge in [0.1, 0.15) is 0 Å². The van der Waals surface area contributed by atoms with Gasteiger partial charge in [-0.1, -0.05) is 25.1 Å². The lowest BCUT2D eigenvalue weighted by molar-refractivity contribution is 0.0695. The number of carboxylic acid groups (broad SMARTS) is 1. The van der Waals surface area contributed by atoms with E-state index in [0.29, 0.717) is 11.6 Å². The summed E-state index contributed by atoms with van der Waals surface area (Å²) in [6.07, 6.45) is 4.70. The molecular formula is C16H23NO2. The molecule has 1 atom stereocenters. The van der Waals surface area contributed by atoms with Crippen LogP contribution in [0.25, 0.3) is 0 Å². The quantitative estimate of drug-likeness (QED) is 0.820. The van der Waals surface area contributed by atoms with Gasteiger partial charge in [-0.15, -0.1) is 0 Å². The first-order valence-corrected chi connectivity index (χ1v) is 7.15. The van der Waals surface area contributed by atoms with E-state index < -0.39 is 5.97 Å². The van der Waals surface area contributed by atoms with Gasteiger partial charge in [0, 0.05) is 12.6 Å². The van der Waals surface area contributed by atoms with Crippen LogP contribution in [0.5, 0.6) is 0 Å². The average Bonchev–Trinajstić information content (AvgIpc) is 3.22. The van der Waals surface area contributed by atoms with Crippen molar-refractivity contribution in [3.05, 3.63) is 35.4 Å². The Balaban J connectivity index is 1.96. The van der Waals surface area contributed by atoms with Crippen LogP contribution in [-0.4, -0.2) is 35.6 Å². The van der Waals surface area contributed by atoms with Crippen LogP contribution < -0.4 is 0 Å². The van der Waals surface area contributed by atoms with Crippen molar-refractivity contribution < 1.29 is 9.90 Å². The third-order valence-corrected chi connectivity index (χ3v) is 4.13. The first kappa shape index (κ1) is 14.1. The Morgan fingerprint density at radius 2 is 2.11 bits per heavy atom. The number of carboxylic acids is 1. The first-order valence-electron chi connectivity index (χ1n) is 7.15. The molecular weight excluding hydrogens is 238 g/mol. The maximum absolute atomic E-state index is 11.2. The van der Waals surface area contributed by atoms with Crippen molar-refractivity contribution in [2.75, 3.05) is 13.6 Å². The summed E-state index contributed by atoms with van der Waals surface area (Å²) in [4.78, 5) is 13.6. The number of hydrogen-bond donors (Lipinski definition) is 1. The molecule has 3 heteroatoms. The van der Waals surface area contributed by atoms with Gasteiger partial charge in [0.2, 0.25) is 0 Å². The zero-order valence-corrected chi connectivity index (χ0v) is 11.8. The molecule has 1 saturated carbocycles. The Morgan fingerprint density at radius 1 is 1.42 bits per heavy atom. The lowest BCUT2D eigenvalue weighted by Crippen LogP contribution is -2.34. The minimum Gasteiger partial charge on any atom is -0.478 e. The second-order valence-corrected chi connectivity index (χ2v) is 5.51. The Morgan fingerprint density at radius 3 is 2.68 bits per heavy atom. The van der Waals surface area contributed by atoms with Crippen molar-refractivity contribution in [3.63, 3.8) is 0 Å². The third-order valence-electron chi connectivity index (χ3n) is 4.13. The molecule has 0 saturated heterocycles. The van der Waals surface area contributed by atoms with Crippen LogP contribution >= 0.6 is 0 Å². The van der Waals surface area contributed by atoms with Crippen molar-refractivity contribution in [2.24, 2.45) is 5.92 Å². The number of likely N-dealkylation sites (N-methyl/N-ethyl adjacent to an activating group) is 1. The van der Waals surface area contributed by atoms with Crippen molar-refractivity contribution in [1.82, 2.24) is 4.90 Å². The van der Waals surface area contributed by atoms with Crippen LogP contribution in [0.1, 0.15) is 42.1 Å². The van der Waals surface area contributed by atoms with Gasteiger partial charge in [0.25, 0.3) is 0 Å². The van der Waals surface area contributed by atoms with E-state index >= 15 is 0 Å². The Hall–Kier alpha value is -1.35. The number of aromatic carboxylic acids is 1. The van der Waals surface area contributed by atoms with E-state index in [-0.39, 0.29) is 0 Å². The highest BCUT2D eigenvalue weighted by Crippen LogP contribution is 2.36. The topological polar surface area (TPSA) is 40.5 Å². The van der Waals surface area contributed by atoms with Gasteiger partial charge in [0.15, 0.2) is 0 Å². The molecule has 1 fully saturated rings. The van der Waals surface area contributed by atoms with Gasteiger partial charge >= 0.3 is 5.97 Å². The first-order chi connectivity index (χ1) is 9.13. The molecule has 0 aromatic heterocycles. The molecule has 1 aromatic carbocycles. The van der Waals surface area contributed by atoms with Gasteiger partial charge in [-0.3, -0.25) is 0 Å². The summed E-state index contributed by atoms with van der Waals surface area (Å²) in [5, 5.41) is 9.17. The zero-order valence-electron chi connectivity index (χ0n) is 11.8. The van der Waals surface area contributed by atoms with Crippen LogP contribution in [0.15, 0.2) is 24.3 Å². The summed E-state index contributed by atoms with van der Waals surface area (Å²) in [5.41, 5.74) is 1.38. The van der Waals surface area contributed by atoms with E-state index in [1.807, 2.05) is 12.1 Å². The Kier molecular flexibility index (Phi) is 4.59. The lowest BCUT2D eigenvalue weighted by Gasteiger charge is -2.27. The molecule has 1 unspecified atom stereocenters. The molecule has 0 amide bonds. The summed E-state index contributed by atoms with van der Waals surface area (Å²) in [7, 11) is 2.16. The zero-order chi connectivity index (χ0) is 13.8. The number of rotatable bonds is 7. The standard InChI is InChI=1S/C16H23NO2/c1-3-15(13-8-9-13)17(2)11-10-12-6-4-5-7-14(12)16(18)19/h4-7,13,15H,3,8-11H2,1-2H3,(H,18,19). The Labute approximate surface area is 115 Å². The molecule has 104 valence electrons. The van der Waals surface area contributed by atoms with Crippen molar-refractivity contribution in [1.29, 1.82) is 0 Å². The summed E-state index contributed by atoms with van der Waals surface area (Å²) in [5.74, 6) is 0.0391. The molecule has 0 spiro atoms. The fourth-order valence-corrected chi connectivity index (χ4v) is 2.90. The molecule has 1 aromatic rings. The fourth-order valence-electron chi connectivity index (χ4n) is 2.90. The van der Waals surface area contributed by atoms with Gasteiger partial charge in [0.05, 0.1) is 5.56 Å². The highest BCUT2D eigenvalue weighted by Gasteiger charge is 2.32. The van der Waals surface area contributed by atoms with Crippen LogP contribution in [0.4, 0.5) is 0 Å². The van der Waals surface area contributed by atoms with E-state index in [0.717, 1.165) is 24.4 Å². The monoisotopic (exact) mass is 261 g/mol. The summed E-state index contributed by atoms with van der Waals surface area (Å²) in [6, 6.07) is 7.98. The van der Waals surface area contributed by atoms with Crippen LogP contribution in [-0.2, 0) is 6.42 Å². The fraction of sp³-hybridized carbons (Fsp3) is 0.562. The molecule has 2 rings (SSSR count). The number of hydrogen-bond acceptors (Lipinski definition) is 2. The maximum Gasteiger partial charge on any atom is 0.335 e. The van der Waals surface area contributed by atoms with E-state index in [1.165, 1.54) is 19.3 Å². The molecule has 1 aliphatic carbocycles. The maximum atomic E-state index is 11.2. The summed E-state index contributed by atoms with van der Waals surface area (Å²) < 4.78 is 0. The minimum absolute atomic E-state index is 0.440. The molecule has 0 aliphatic heterocycles. The van der Waals surface area contributed by atoms with Crippen molar-refractivity contribution in [2.45, 2.75) is 38.6 Å². The van der Waals surface area contributed by atoms with E-state index in [1.54, 1.807) is 12.1 Å². The Bertz CT molecular complexity index is 440. The largest absolute Gasteiger partial charge is 0.478 e. The van der Waals surface area contributed by atoms with E-state index in [2.05, 4.69) is 18.9 Å². The summed E-state index contributed by atoms with van der Waals surface area (Å²) >= 11 is 0. The lowest BCUT2D eigenvalue weighted by atomic mass is 10.0. The predicted octanol–water partition coefficient (Wildman–Crippen LogP) is 3.05. The van der Waals surface area contributed by atoms with Crippen LogP contribution in [0, 0.1) is 5.92 Å². The number of benzene rings is 1. The average molecular weight is 261 g/mol. The smallest absolute Gasteiger partial charge is 0.335 e. The van der Waals surface area contributed by atoms with Crippen LogP contribution in [0.2, 0.25) is 0 Å². The van der Waals surface area contributed by atoms with Gasteiger partial charge in [-0.2, -0.15) is 0 Å². The third kappa shape index (κ3) is 3.57. The highest BCUT2D eigenvalue weighted by molar-refractivity contribution is 5.89. The minimum atomic E-state index is -0.826. The van der Waals surface area contributed by atoms with Crippen molar-refractivity contribution >= 4 is 5.97 Å². The van der Waals surface area contributed by atoms with Gasteiger partial charge in [-0.25, -0.2) is 4.79 Å². The van der Waals surface area contributed by atoms with Gasteiger partial charge < -0.3 is 10.0 Å². The van der Waals surface area contributed by atoms with Crippen LogP contribution in [0.3, 0.4) is 0 Å². The molecule has 19 heavy (non-hydrogen) atoms. The molecule has 0 bridgehead atoms. The molecule has 1 aliphatic rings. The molecule has 3 nitrogen and oxygen atoms in total. The molecule has 0 radical (unpaired) electrons. The van der Waals surface area contributed by atoms with Gasteiger partial charge in [-0.05, 0) is 50.3 Å². The SMILES string of the molecule is CCC(C1CC1)N(C)CCc1ccccc1C(=O)O. The number of carbonyl (C=O) groups is 1. The normalized spacial score (nSPS) is 16.6. The second-order valence-electron chi connectivity index (χ2n) is 5.51. The van der Waals surface area contributed by atoms with E-state index in [4.69, 9.17) is 0 Å².